The smallest absolute Gasteiger partial charge is 0.00977 e. The first-order valence-electron chi connectivity index (χ1n) is 8.33. The highest BCUT2D eigenvalue weighted by Crippen LogP contribution is 2.56. The van der Waals surface area contributed by atoms with Gasteiger partial charge in [-0.25, -0.2) is 0 Å². The molecule has 1 heteroatoms. The first-order chi connectivity index (χ1) is 10.4. The lowest BCUT2D eigenvalue weighted by Crippen LogP contribution is -2.25. The molecule has 2 aliphatic carbocycles. The van der Waals surface area contributed by atoms with Crippen LogP contribution in [0.1, 0.15) is 32.1 Å². The van der Waals surface area contributed by atoms with Gasteiger partial charge in [0.1, 0.15) is 0 Å². The Hall–Kier alpha value is -1.13. The van der Waals surface area contributed by atoms with Gasteiger partial charge >= 0.3 is 0 Å². The fourth-order valence-corrected chi connectivity index (χ4v) is 7.79. The van der Waals surface area contributed by atoms with Crippen LogP contribution >= 0.6 is 7.92 Å². The highest BCUT2D eigenvalue weighted by molar-refractivity contribution is 7.73. The summed E-state index contributed by atoms with van der Waals surface area (Å²) >= 11 is 0. The van der Waals surface area contributed by atoms with Crippen molar-refractivity contribution in [3.05, 3.63) is 60.7 Å². The van der Waals surface area contributed by atoms with Crippen LogP contribution < -0.4 is 10.6 Å². The fourth-order valence-electron chi connectivity index (χ4n) is 4.56. The lowest BCUT2D eigenvalue weighted by atomic mass is 10.0. The maximum Gasteiger partial charge on any atom is -0.00977 e. The summed E-state index contributed by atoms with van der Waals surface area (Å²) in [5.41, 5.74) is 0.914. The van der Waals surface area contributed by atoms with Gasteiger partial charge in [0.05, 0.1) is 0 Å². The molecule has 3 unspecified atom stereocenters. The molecule has 108 valence electrons. The number of rotatable bonds is 3. The van der Waals surface area contributed by atoms with Crippen LogP contribution in [-0.4, -0.2) is 5.66 Å². The van der Waals surface area contributed by atoms with Gasteiger partial charge < -0.3 is 0 Å². The zero-order valence-corrected chi connectivity index (χ0v) is 13.4. The van der Waals surface area contributed by atoms with Crippen molar-refractivity contribution < 1.29 is 0 Å². The molecule has 0 radical (unpaired) electrons. The Kier molecular flexibility index (Phi) is 3.82. The third kappa shape index (κ3) is 2.55. The van der Waals surface area contributed by atoms with Gasteiger partial charge in [0.2, 0.25) is 0 Å². The molecule has 0 amide bonds. The third-order valence-electron chi connectivity index (χ3n) is 5.45. The van der Waals surface area contributed by atoms with E-state index in [2.05, 4.69) is 60.7 Å². The average molecular weight is 294 g/mol. The molecule has 0 nitrogen and oxygen atoms in total. The van der Waals surface area contributed by atoms with Crippen LogP contribution in [0.2, 0.25) is 0 Å². The molecular formula is C20H23P. The second-order valence-corrected chi connectivity index (χ2v) is 8.98. The van der Waals surface area contributed by atoms with E-state index in [9.17, 15) is 0 Å². The summed E-state index contributed by atoms with van der Waals surface area (Å²) in [5, 5.41) is 3.16. The van der Waals surface area contributed by atoms with Gasteiger partial charge in [-0.3, -0.25) is 0 Å². The van der Waals surface area contributed by atoms with Crippen LogP contribution in [0.3, 0.4) is 0 Å². The van der Waals surface area contributed by atoms with Gasteiger partial charge in [-0.05, 0) is 55.3 Å². The Bertz CT molecular complexity index is 538. The minimum atomic E-state index is -0.184. The molecule has 2 fully saturated rings. The van der Waals surface area contributed by atoms with Crippen LogP contribution in [0.25, 0.3) is 0 Å². The van der Waals surface area contributed by atoms with Crippen molar-refractivity contribution in [2.45, 2.75) is 37.8 Å². The first kappa shape index (κ1) is 13.5. The lowest BCUT2D eigenvalue weighted by molar-refractivity contribution is 0.461. The zero-order valence-electron chi connectivity index (χ0n) is 12.5. The molecule has 4 rings (SSSR count). The van der Waals surface area contributed by atoms with E-state index in [1.807, 2.05) is 0 Å². The molecule has 0 spiro atoms. The van der Waals surface area contributed by atoms with E-state index < -0.39 is 0 Å². The van der Waals surface area contributed by atoms with Crippen molar-refractivity contribution in [1.82, 2.24) is 0 Å². The van der Waals surface area contributed by atoms with Crippen LogP contribution in [0, 0.1) is 11.8 Å². The number of hydrogen-bond donors (Lipinski definition) is 0. The maximum absolute atomic E-state index is 2.36. The van der Waals surface area contributed by atoms with Crippen molar-refractivity contribution in [2.24, 2.45) is 11.8 Å². The third-order valence-corrected chi connectivity index (χ3v) is 8.46. The Balaban J connectivity index is 1.74. The molecular weight excluding hydrogens is 271 g/mol. The van der Waals surface area contributed by atoms with Crippen molar-refractivity contribution in [3.8, 4) is 0 Å². The highest BCUT2D eigenvalue weighted by Gasteiger charge is 2.43. The van der Waals surface area contributed by atoms with E-state index in [1.54, 1.807) is 10.6 Å². The molecule has 0 heterocycles. The summed E-state index contributed by atoms with van der Waals surface area (Å²) in [6, 6.07) is 22.6. The molecule has 21 heavy (non-hydrogen) atoms. The SMILES string of the molecule is c1ccc(P(c2ccccc2)C2CCC3CCCC32)cc1. The largest absolute Gasteiger partial charge is 0.0622 e. The highest BCUT2D eigenvalue weighted by atomic mass is 31.1. The maximum atomic E-state index is 2.36. The average Bonchev–Trinajstić information content (AvgIpc) is 3.15. The predicted molar refractivity (Wildman–Crippen MR) is 92.9 cm³/mol. The zero-order chi connectivity index (χ0) is 14.1. The molecule has 0 bridgehead atoms. The van der Waals surface area contributed by atoms with Crippen molar-refractivity contribution >= 4 is 18.5 Å². The van der Waals surface area contributed by atoms with Crippen LogP contribution in [0.4, 0.5) is 0 Å². The van der Waals surface area contributed by atoms with Crippen LogP contribution in [0.5, 0.6) is 0 Å². The minimum absolute atomic E-state index is 0.184. The molecule has 2 saturated carbocycles. The molecule has 0 aliphatic heterocycles. The summed E-state index contributed by atoms with van der Waals surface area (Å²) in [7, 11) is -0.184. The second-order valence-electron chi connectivity index (χ2n) is 6.54. The Labute approximate surface area is 129 Å². The standard InChI is InChI=1S/C20H23P/c1-3-9-17(10-4-1)21(18-11-5-2-6-12-18)20-15-14-16-8-7-13-19(16)20/h1-6,9-12,16,19-20H,7-8,13-15H2. The van der Waals surface area contributed by atoms with Crippen molar-refractivity contribution in [1.29, 1.82) is 0 Å². The van der Waals surface area contributed by atoms with Crippen LogP contribution in [0.15, 0.2) is 60.7 Å². The van der Waals surface area contributed by atoms with E-state index in [0.29, 0.717) is 0 Å². The normalized spacial score (nSPS) is 28.0. The summed E-state index contributed by atoms with van der Waals surface area (Å²) in [6.07, 6.45) is 7.37. The fraction of sp³-hybridized carbons (Fsp3) is 0.400. The summed E-state index contributed by atoms with van der Waals surface area (Å²) in [5.74, 6) is 2.03. The van der Waals surface area contributed by atoms with Gasteiger partial charge in [0.15, 0.2) is 0 Å². The summed E-state index contributed by atoms with van der Waals surface area (Å²) in [4.78, 5) is 0. The molecule has 2 aliphatic rings. The van der Waals surface area contributed by atoms with E-state index in [4.69, 9.17) is 0 Å². The van der Waals surface area contributed by atoms with Gasteiger partial charge in [-0.1, -0.05) is 73.5 Å². The van der Waals surface area contributed by atoms with Gasteiger partial charge in [0.25, 0.3) is 0 Å². The summed E-state index contributed by atoms with van der Waals surface area (Å²) < 4.78 is 0. The lowest BCUT2D eigenvalue weighted by Gasteiger charge is -2.30. The van der Waals surface area contributed by atoms with Gasteiger partial charge in [-0.2, -0.15) is 0 Å². The quantitative estimate of drug-likeness (QED) is 0.720. The van der Waals surface area contributed by atoms with Crippen molar-refractivity contribution in [3.63, 3.8) is 0 Å². The Morgan fingerprint density at radius 3 is 1.90 bits per heavy atom. The number of benzene rings is 2. The molecule has 2 aromatic rings. The molecule has 0 aromatic heterocycles. The first-order valence-corrected chi connectivity index (χ1v) is 9.74. The predicted octanol–water partition coefficient (Wildman–Crippen LogP) is 4.70. The van der Waals surface area contributed by atoms with Crippen molar-refractivity contribution in [2.75, 3.05) is 0 Å². The molecule has 3 atom stereocenters. The van der Waals surface area contributed by atoms with Gasteiger partial charge in [0, 0.05) is 0 Å². The van der Waals surface area contributed by atoms with E-state index in [1.165, 1.54) is 32.1 Å². The Morgan fingerprint density at radius 1 is 0.667 bits per heavy atom. The molecule has 0 N–H and O–H groups in total. The minimum Gasteiger partial charge on any atom is -0.0622 e. The monoisotopic (exact) mass is 294 g/mol. The van der Waals surface area contributed by atoms with Crippen LogP contribution in [-0.2, 0) is 0 Å². The number of fused-ring (bicyclic) bond motifs is 1. The summed E-state index contributed by atoms with van der Waals surface area (Å²) in [6.45, 7) is 0. The molecule has 0 saturated heterocycles. The topological polar surface area (TPSA) is 0 Å². The van der Waals surface area contributed by atoms with Gasteiger partial charge in [-0.15, -0.1) is 0 Å². The van der Waals surface area contributed by atoms with E-state index >= 15 is 0 Å². The number of hydrogen-bond acceptors (Lipinski definition) is 0. The molecule has 2 aromatic carbocycles. The Morgan fingerprint density at radius 2 is 1.29 bits per heavy atom. The second kappa shape index (κ2) is 5.93. The van der Waals surface area contributed by atoms with E-state index in [0.717, 1.165) is 17.5 Å². The van der Waals surface area contributed by atoms with E-state index in [-0.39, 0.29) is 7.92 Å².